The number of carbonyl (C=O) groups excluding carboxylic acids is 1. The summed E-state index contributed by atoms with van der Waals surface area (Å²) in [6.07, 6.45) is 5.88. The van der Waals surface area contributed by atoms with Crippen molar-refractivity contribution in [2.75, 3.05) is 20.1 Å². The Kier molecular flexibility index (Phi) is 9.07. The van der Waals surface area contributed by atoms with Crippen molar-refractivity contribution < 1.29 is 9.21 Å². The van der Waals surface area contributed by atoms with Crippen LogP contribution in [0.3, 0.4) is 0 Å². The first-order valence-electron chi connectivity index (χ1n) is 10.3. The van der Waals surface area contributed by atoms with Gasteiger partial charge in [0.15, 0.2) is 0 Å². The van der Waals surface area contributed by atoms with Crippen molar-refractivity contribution in [3.05, 3.63) is 59.0 Å². The third-order valence-electron chi connectivity index (χ3n) is 5.45. The number of hydrogen-bond acceptors (Lipinski definition) is 3. The van der Waals surface area contributed by atoms with E-state index in [2.05, 4.69) is 55.3 Å². The first-order chi connectivity index (χ1) is 13.2. The molecule has 154 valence electrons. The second-order valence-corrected chi connectivity index (χ2v) is 7.60. The number of benzene rings is 1. The maximum atomic E-state index is 12.5. The lowest BCUT2D eigenvalue weighted by atomic mass is 10.0. The second kappa shape index (κ2) is 11.3. The zero-order valence-electron chi connectivity index (χ0n) is 17.2. The minimum Gasteiger partial charge on any atom is -0.463 e. The average Bonchev–Trinajstić information content (AvgIpc) is 3.09. The molecular formula is C23H33ClN2O2. The predicted octanol–water partition coefficient (Wildman–Crippen LogP) is 4.84. The quantitative estimate of drug-likeness (QED) is 0.561. The van der Waals surface area contributed by atoms with Gasteiger partial charge in [0.1, 0.15) is 11.5 Å². The van der Waals surface area contributed by atoms with E-state index in [0.29, 0.717) is 13.0 Å². The normalized spacial score (nSPS) is 13.3. The van der Waals surface area contributed by atoms with Crippen molar-refractivity contribution in [1.82, 2.24) is 9.80 Å². The van der Waals surface area contributed by atoms with E-state index in [4.69, 9.17) is 4.42 Å². The lowest BCUT2D eigenvalue weighted by Gasteiger charge is -2.26. The molecule has 1 amide bonds. The summed E-state index contributed by atoms with van der Waals surface area (Å²) >= 11 is 0. The Bertz CT molecular complexity index is 729. The Labute approximate surface area is 175 Å². The Morgan fingerprint density at radius 3 is 2.71 bits per heavy atom. The van der Waals surface area contributed by atoms with E-state index >= 15 is 0 Å². The number of hydrogen-bond donors (Lipinski definition) is 0. The molecule has 0 N–H and O–H groups in total. The number of carbonyl (C=O) groups is 1. The maximum Gasteiger partial charge on any atom is 0.222 e. The van der Waals surface area contributed by atoms with Crippen molar-refractivity contribution in [2.24, 2.45) is 0 Å². The lowest BCUT2D eigenvalue weighted by Crippen LogP contribution is -2.35. The highest BCUT2D eigenvalue weighted by molar-refractivity contribution is 5.85. The van der Waals surface area contributed by atoms with Gasteiger partial charge in [-0.25, -0.2) is 0 Å². The van der Waals surface area contributed by atoms with Crippen molar-refractivity contribution >= 4 is 18.3 Å². The van der Waals surface area contributed by atoms with Crippen LogP contribution in [0.15, 0.2) is 40.8 Å². The molecule has 1 aliphatic rings. The van der Waals surface area contributed by atoms with Crippen LogP contribution in [0.1, 0.15) is 55.3 Å². The summed E-state index contributed by atoms with van der Waals surface area (Å²) in [5, 5.41) is 0. The van der Waals surface area contributed by atoms with Crippen LogP contribution in [0.2, 0.25) is 0 Å². The highest BCUT2D eigenvalue weighted by Crippen LogP contribution is 2.24. The third kappa shape index (κ3) is 6.39. The van der Waals surface area contributed by atoms with Crippen LogP contribution in [0.25, 0.3) is 0 Å². The number of aryl methyl sites for hydroxylation is 1. The molecule has 1 aromatic heterocycles. The Morgan fingerprint density at radius 2 is 1.96 bits per heavy atom. The van der Waals surface area contributed by atoms with Crippen LogP contribution in [0.5, 0.6) is 0 Å². The van der Waals surface area contributed by atoms with Crippen LogP contribution >= 0.6 is 12.4 Å². The van der Waals surface area contributed by atoms with Crippen LogP contribution in [0, 0.1) is 0 Å². The first kappa shape index (κ1) is 22.5. The van der Waals surface area contributed by atoms with Crippen LogP contribution in [-0.4, -0.2) is 35.8 Å². The highest BCUT2D eigenvalue weighted by Gasteiger charge is 2.24. The molecule has 0 radical (unpaired) electrons. The number of nitrogens with zero attached hydrogens (tertiary/aromatic N) is 2. The molecule has 0 saturated heterocycles. The van der Waals surface area contributed by atoms with E-state index in [-0.39, 0.29) is 18.3 Å². The molecule has 2 aromatic rings. The predicted molar refractivity (Wildman–Crippen MR) is 116 cm³/mol. The number of unbranched alkanes of at least 4 members (excludes halogenated alkanes) is 2. The van der Waals surface area contributed by atoms with Gasteiger partial charge in [-0.05, 0) is 56.5 Å². The largest absolute Gasteiger partial charge is 0.463 e. The Morgan fingerprint density at radius 1 is 1.18 bits per heavy atom. The fraction of sp³-hybridized carbons (Fsp3) is 0.522. The van der Waals surface area contributed by atoms with Gasteiger partial charge in [0.05, 0.1) is 13.1 Å². The molecular weight excluding hydrogens is 372 g/mol. The third-order valence-corrected chi connectivity index (χ3v) is 5.45. The molecule has 0 spiro atoms. The highest BCUT2D eigenvalue weighted by atomic mass is 35.5. The molecule has 0 unspecified atom stereocenters. The van der Waals surface area contributed by atoms with E-state index in [1.165, 1.54) is 11.1 Å². The molecule has 0 atom stereocenters. The molecule has 1 aliphatic heterocycles. The van der Waals surface area contributed by atoms with E-state index in [1.807, 2.05) is 4.90 Å². The number of furan rings is 1. The maximum absolute atomic E-state index is 12.5. The molecule has 0 saturated carbocycles. The summed E-state index contributed by atoms with van der Waals surface area (Å²) < 4.78 is 6.02. The Balaban J connectivity index is 0.00000280. The van der Waals surface area contributed by atoms with Crippen molar-refractivity contribution in [3.8, 4) is 0 Å². The van der Waals surface area contributed by atoms with Crippen molar-refractivity contribution in [1.29, 1.82) is 0 Å². The molecule has 2 heterocycles. The summed E-state index contributed by atoms with van der Waals surface area (Å²) in [6, 6.07) is 12.7. The zero-order chi connectivity index (χ0) is 19.1. The Hall–Kier alpha value is -1.78. The summed E-state index contributed by atoms with van der Waals surface area (Å²) in [5.74, 6) is 2.27. The van der Waals surface area contributed by atoms with Gasteiger partial charge in [-0.2, -0.15) is 0 Å². The van der Waals surface area contributed by atoms with Gasteiger partial charge in [-0.3, -0.25) is 9.69 Å². The summed E-state index contributed by atoms with van der Waals surface area (Å²) in [4.78, 5) is 16.7. The van der Waals surface area contributed by atoms with Crippen molar-refractivity contribution in [2.45, 2.75) is 58.5 Å². The number of rotatable bonds is 9. The number of halogens is 1. The van der Waals surface area contributed by atoms with Gasteiger partial charge < -0.3 is 9.32 Å². The molecule has 28 heavy (non-hydrogen) atoms. The van der Waals surface area contributed by atoms with Gasteiger partial charge in [0.2, 0.25) is 5.91 Å². The zero-order valence-corrected chi connectivity index (χ0v) is 18.0. The minimum absolute atomic E-state index is 0. The van der Waals surface area contributed by atoms with Gasteiger partial charge in [-0.15, -0.1) is 12.4 Å². The van der Waals surface area contributed by atoms with Gasteiger partial charge in [0.25, 0.3) is 0 Å². The topological polar surface area (TPSA) is 36.7 Å². The van der Waals surface area contributed by atoms with Gasteiger partial charge >= 0.3 is 0 Å². The van der Waals surface area contributed by atoms with E-state index in [0.717, 1.165) is 63.3 Å². The average molecular weight is 405 g/mol. The fourth-order valence-corrected chi connectivity index (χ4v) is 3.63. The summed E-state index contributed by atoms with van der Waals surface area (Å²) in [6.45, 7) is 5.43. The molecule has 4 nitrogen and oxygen atoms in total. The van der Waals surface area contributed by atoms with E-state index < -0.39 is 0 Å². The monoisotopic (exact) mass is 404 g/mol. The van der Waals surface area contributed by atoms with E-state index in [9.17, 15) is 4.79 Å². The standard InChI is InChI=1S/C23H32N2O2.ClH/c1-3-24(2)17-21-16-20-14-15-25(18-22(20)27-21)23(26)13-9-5-8-12-19-10-6-4-7-11-19;/h4,6-7,10-11,16H,3,5,8-9,12-15,17-18H2,1-2H3;1H. The SMILES string of the molecule is CCN(C)Cc1cc2c(o1)CN(C(=O)CCCCCc1ccccc1)CC2.Cl. The molecule has 1 aromatic carbocycles. The van der Waals surface area contributed by atoms with Gasteiger partial charge in [-0.1, -0.05) is 43.7 Å². The summed E-state index contributed by atoms with van der Waals surface area (Å²) in [5.41, 5.74) is 2.66. The molecule has 5 heteroatoms. The number of amides is 1. The van der Waals surface area contributed by atoms with Gasteiger partial charge in [0, 0.05) is 13.0 Å². The lowest BCUT2D eigenvalue weighted by molar-refractivity contribution is -0.132. The molecule has 0 bridgehead atoms. The second-order valence-electron chi connectivity index (χ2n) is 7.60. The molecule has 0 aliphatic carbocycles. The first-order valence-corrected chi connectivity index (χ1v) is 10.3. The van der Waals surface area contributed by atoms with Crippen LogP contribution in [-0.2, 0) is 30.7 Å². The molecule has 3 rings (SSSR count). The number of fused-ring (bicyclic) bond motifs is 1. The van der Waals surface area contributed by atoms with Crippen LogP contribution in [0.4, 0.5) is 0 Å². The van der Waals surface area contributed by atoms with Crippen LogP contribution < -0.4 is 0 Å². The molecule has 0 fully saturated rings. The van der Waals surface area contributed by atoms with E-state index in [1.54, 1.807) is 0 Å². The smallest absolute Gasteiger partial charge is 0.222 e. The minimum atomic E-state index is 0. The fourth-order valence-electron chi connectivity index (χ4n) is 3.63. The summed E-state index contributed by atoms with van der Waals surface area (Å²) in [7, 11) is 2.09. The van der Waals surface area contributed by atoms with Crippen molar-refractivity contribution in [3.63, 3.8) is 0 Å².